The summed E-state index contributed by atoms with van der Waals surface area (Å²) in [5.74, 6) is -0.131. The maximum absolute atomic E-state index is 13.6. The third kappa shape index (κ3) is 4.26. The lowest BCUT2D eigenvalue weighted by atomic mass is 9.99. The number of rotatable bonds is 6. The van der Waals surface area contributed by atoms with Gasteiger partial charge >= 0.3 is 6.09 Å². The highest BCUT2D eigenvalue weighted by molar-refractivity contribution is 7.90. The number of hydrogen-bond acceptors (Lipinski definition) is 4. The fourth-order valence-electron chi connectivity index (χ4n) is 4.36. The predicted molar refractivity (Wildman–Crippen MR) is 132 cm³/mol. The predicted octanol–water partition coefficient (Wildman–Crippen LogP) is 3.88. The van der Waals surface area contributed by atoms with Crippen LogP contribution < -0.4 is 5.32 Å². The Morgan fingerprint density at radius 2 is 1.57 bits per heavy atom. The highest BCUT2D eigenvalue weighted by Gasteiger charge is 2.31. The molecule has 0 radical (unpaired) electrons. The highest BCUT2D eigenvalue weighted by atomic mass is 32.2. The van der Waals surface area contributed by atoms with E-state index in [2.05, 4.69) is 5.32 Å². The van der Waals surface area contributed by atoms with Gasteiger partial charge in [0.25, 0.3) is 15.9 Å². The van der Waals surface area contributed by atoms with Crippen LogP contribution in [0.1, 0.15) is 10.4 Å². The average molecular weight is 490 g/mol. The Hall–Kier alpha value is -4.11. The normalized spacial score (nSPS) is 14.0. The minimum Gasteiger partial charge on any atom is -0.465 e. The standard InChI is InChI=1S/C26H23N3O5S/c30-25(28-15-18(16-28)14-27-26(31)32)20-10-12-21(13-11-20)35(33,34)29-17-23(19-6-2-1-3-7-19)22-8-4-5-9-24(22)29/h1-13,17-18,27H,14-16H2,(H,31,32). The van der Waals surface area contributed by atoms with E-state index in [9.17, 15) is 18.0 Å². The van der Waals surface area contributed by atoms with Gasteiger partial charge in [-0.15, -0.1) is 0 Å². The van der Waals surface area contributed by atoms with Gasteiger partial charge in [-0.05, 0) is 35.9 Å². The third-order valence-corrected chi connectivity index (χ3v) is 7.90. The smallest absolute Gasteiger partial charge is 0.404 e. The number of nitrogens with zero attached hydrogens (tertiary/aromatic N) is 2. The first-order chi connectivity index (χ1) is 16.8. The molecule has 1 fully saturated rings. The number of benzene rings is 3. The van der Waals surface area contributed by atoms with Crippen molar-refractivity contribution in [2.45, 2.75) is 4.90 Å². The van der Waals surface area contributed by atoms with E-state index in [-0.39, 0.29) is 16.7 Å². The second-order valence-electron chi connectivity index (χ2n) is 8.51. The minimum atomic E-state index is -3.90. The number of likely N-dealkylation sites (tertiary alicyclic amines) is 1. The number of amides is 2. The zero-order valence-electron chi connectivity index (χ0n) is 18.7. The van der Waals surface area contributed by atoms with Crippen LogP contribution in [-0.2, 0) is 10.0 Å². The Labute approximate surface area is 202 Å². The summed E-state index contributed by atoms with van der Waals surface area (Å²) in [5, 5.41) is 11.8. The quantitative estimate of drug-likeness (QED) is 0.427. The van der Waals surface area contributed by atoms with Gasteiger partial charge in [0.05, 0.1) is 10.4 Å². The van der Waals surface area contributed by atoms with E-state index in [1.54, 1.807) is 23.2 Å². The van der Waals surface area contributed by atoms with Crippen LogP contribution in [0.5, 0.6) is 0 Å². The molecule has 1 aliphatic rings. The van der Waals surface area contributed by atoms with E-state index in [0.29, 0.717) is 30.7 Å². The van der Waals surface area contributed by atoms with Crippen LogP contribution in [0, 0.1) is 5.92 Å². The van der Waals surface area contributed by atoms with Crippen molar-refractivity contribution in [3.63, 3.8) is 0 Å². The van der Waals surface area contributed by atoms with Crippen molar-refractivity contribution in [1.82, 2.24) is 14.2 Å². The number of fused-ring (bicyclic) bond motifs is 1. The summed E-state index contributed by atoms with van der Waals surface area (Å²) in [6.45, 7) is 1.21. The Balaban J connectivity index is 1.40. The van der Waals surface area contributed by atoms with E-state index in [1.165, 1.54) is 28.2 Å². The highest BCUT2D eigenvalue weighted by Crippen LogP contribution is 2.33. The van der Waals surface area contributed by atoms with E-state index in [4.69, 9.17) is 5.11 Å². The first-order valence-corrected chi connectivity index (χ1v) is 12.6. The molecule has 35 heavy (non-hydrogen) atoms. The minimum absolute atomic E-state index is 0.0792. The van der Waals surface area contributed by atoms with Gasteiger partial charge in [0.15, 0.2) is 0 Å². The molecule has 2 N–H and O–H groups in total. The van der Waals surface area contributed by atoms with Crippen LogP contribution in [0.2, 0.25) is 0 Å². The zero-order valence-corrected chi connectivity index (χ0v) is 19.5. The van der Waals surface area contributed by atoms with Gasteiger partial charge in [0, 0.05) is 48.3 Å². The molecular formula is C26H23N3O5S. The van der Waals surface area contributed by atoms with Gasteiger partial charge < -0.3 is 15.3 Å². The SMILES string of the molecule is O=C(O)NCC1CN(C(=O)c2ccc(S(=O)(=O)n3cc(-c4ccccc4)c4ccccc43)cc2)C1. The fraction of sp³-hybridized carbons (Fsp3) is 0.154. The maximum Gasteiger partial charge on any atom is 0.404 e. The second-order valence-corrected chi connectivity index (χ2v) is 10.3. The van der Waals surface area contributed by atoms with Crippen molar-refractivity contribution < 1.29 is 23.1 Å². The third-order valence-electron chi connectivity index (χ3n) is 6.21. The van der Waals surface area contributed by atoms with Gasteiger partial charge in [0.1, 0.15) is 0 Å². The van der Waals surface area contributed by atoms with Gasteiger partial charge in [-0.3, -0.25) is 4.79 Å². The number of nitrogens with one attached hydrogen (secondary N) is 1. The summed E-state index contributed by atoms with van der Waals surface area (Å²) < 4.78 is 28.4. The Morgan fingerprint density at radius 1 is 0.914 bits per heavy atom. The topological polar surface area (TPSA) is 109 Å². The molecule has 4 aromatic rings. The monoisotopic (exact) mass is 489 g/mol. The van der Waals surface area contributed by atoms with Crippen LogP contribution in [0.25, 0.3) is 22.0 Å². The summed E-state index contributed by atoms with van der Waals surface area (Å²) in [6, 6.07) is 22.9. The summed E-state index contributed by atoms with van der Waals surface area (Å²) >= 11 is 0. The lowest BCUT2D eigenvalue weighted by molar-refractivity contribution is 0.0502. The Kier molecular flexibility index (Phi) is 5.78. The Bertz CT molecular complexity index is 1510. The lowest BCUT2D eigenvalue weighted by Gasteiger charge is -2.39. The van der Waals surface area contributed by atoms with Gasteiger partial charge in [0.2, 0.25) is 0 Å². The van der Waals surface area contributed by atoms with Gasteiger partial charge in [-0.25, -0.2) is 17.2 Å². The Morgan fingerprint density at radius 3 is 2.26 bits per heavy atom. The molecular weight excluding hydrogens is 466 g/mol. The number of aromatic nitrogens is 1. The summed E-state index contributed by atoms with van der Waals surface area (Å²) in [6.07, 6.45) is 0.553. The van der Waals surface area contributed by atoms with Crippen molar-refractivity contribution in [3.05, 3.63) is 90.6 Å². The van der Waals surface area contributed by atoms with E-state index >= 15 is 0 Å². The molecule has 3 aromatic carbocycles. The molecule has 1 aromatic heterocycles. The molecule has 2 heterocycles. The van der Waals surface area contributed by atoms with Crippen molar-refractivity contribution in [2.75, 3.05) is 19.6 Å². The van der Waals surface area contributed by atoms with E-state index in [1.807, 2.05) is 42.5 Å². The summed E-state index contributed by atoms with van der Waals surface area (Å²) in [7, 11) is -3.90. The lowest BCUT2D eigenvalue weighted by Crippen LogP contribution is -2.53. The molecule has 8 nitrogen and oxygen atoms in total. The number of carboxylic acid groups (broad SMARTS) is 1. The average Bonchev–Trinajstić information content (AvgIpc) is 3.24. The van der Waals surface area contributed by atoms with Crippen LogP contribution >= 0.6 is 0 Å². The number of carbonyl (C=O) groups excluding carboxylic acids is 1. The molecule has 5 rings (SSSR count). The van der Waals surface area contributed by atoms with Gasteiger partial charge in [-0.2, -0.15) is 0 Å². The maximum atomic E-state index is 13.6. The molecule has 0 saturated carbocycles. The molecule has 2 amide bonds. The zero-order chi connectivity index (χ0) is 24.6. The number of carbonyl (C=O) groups is 2. The molecule has 1 saturated heterocycles. The first kappa shape index (κ1) is 22.7. The van der Waals surface area contributed by atoms with Crippen molar-refractivity contribution in [3.8, 4) is 11.1 Å². The molecule has 0 bridgehead atoms. The van der Waals surface area contributed by atoms with Crippen molar-refractivity contribution in [1.29, 1.82) is 0 Å². The fourth-order valence-corrected chi connectivity index (χ4v) is 5.73. The van der Waals surface area contributed by atoms with Crippen LogP contribution in [0.15, 0.2) is 90.0 Å². The number of para-hydroxylation sites is 1. The number of hydrogen-bond donors (Lipinski definition) is 2. The molecule has 0 aliphatic carbocycles. The van der Waals surface area contributed by atoms with Crippen LogP contribution in [0.3, 0.4) is 0 Å². The summed E-state index contributed by atoms with van der Waals surface area (Å²) in [4.78, 5) is 25.0. The largest absolute Gasteiger partial charge is 0.465 e. The van der Waals surface area contributed by atoms with E-state index in [0.717, 1.165) is 16.5 Å². The first-order valence-electron chi connectivity index (χ1n) is 11.1. The molecule has 0 spiro atoms. The van der Waals surface area contributed by atoms with Crippen molar-refractivity contribution in [2.24, 2.45) is 5.92 Å². The molecule has 178 valence electrons. The molecule has 1 aliphatic heterocycles. The molecule has 0 atom stereocenters. The van der Waals surface area contributed by atoms with Crippen LogP contribution in [0.4, 0.5) is 4.79 Å². The summed E-state index contributed by atoms with van der Waals surface area (Å²) in [5.41, 5.74) is 2.70. The van der Waals surface area contributed by atoms with Gasteiger partial charge in [-0.1, -0.05) is 48.5 Å². The van der Waals surface area contributed by atoms with Crippen molar-refractivity contribution >= 4 is 32.9 Å². The molecule has 0 unspecified atom stereocenters. The van der Waals surface area contributed by atoms with Crippen LogP contribution in [-0.4, -0.2) is 54.0 Å². The van der Waals surface area contributed by atoms with E-state index < -0.39 is 16.1 Å². The second kappa shape index (κ2) is 8.92. The molecule has 9 heteroatoms.